The minimum atomic E-state index is 0. The van der Waals surface area contributed by atoms with Gasteiger partial charge < -0.3 is 21.5 Å². The number of benzene rings is 1. The molecule has 1 atom stereocenters. The molecule has 1 saturated heterocycles. The SMILES string of the molecule is CC.CC.[CH2-]C(CN1CCC(Oc2ccccc2)CC1)n1cc(-c2ncnc3[nH]ccc23)cn1.[Y]. The van der Waals surface area contributed by atoms with Crippen LogP contribution in [0.4, 0.5) is 0 Å². The van der Waals surface area contributed by atoms with E-state index < -0.39 is 0 Å². The summed E-state index contributed by atoms with van der Waals surface area (Å²) in [6.45, 7) is 15.2. The van der Waals surface area contributed by atoms with Gasteiger partial charge in [-0.25, -0.2) is 9.97 Å². The van der Waals surface area contributed by atoms with Gasteiger partial charge in [-0.3, -0.25) is 4.68 Å². The Bertz CT molecular complexity index is 1110. The number of fused-ring (bicyclic) bond motifs is 1. The zero-order chi connectivity index (χ0) is 24.3. The average molecular weight is 551 g/mol. The molecular formula is C27H37N6OY-. The molecule has 1 fully saturated rings. The molecule has 0 aliphatic carbocycles. The Kier molecular flexibility index (Phi) is 12.6. The number of aromatic amines is 1. The van der Waals surface area contributed by atoms with Crippen molar-refractivity contribution >= 4 is 11.0 Å². The number of likely N-dealkylation sites (tertiary alicyclic amines) is 1. The fraction of sp³-hybridized carbons (Fsp3) is 0.407. The van der Waals surface area contributed by atoms with Gasteiger partial charge >= 0.3 is 0 Å². The van der Waals surface area contributed by atoms with Gasteiger partial charge in [-0.05, 0) is 37.6 Å². The first-order valence-electron chi connectivity index (χ1n) is 12.4. The predicted molar refractivity (Wildman–Crippen MR) is 139 cm³/mol. The van der Waals surface area contributed by atoms with Crippen LogP contribution in [0, 0.1) is 6.92 Å². The summed E-state index contributed by atoms with van der Waals surface area (Å²) in [6, 6.07) is 12.1. The fourth-order valence-electron chi connectivity index (χ4n) is 4.05. The van der Waals surface area contributed by atoms with E-state index >= 15 is 0 Å². The molecule has 1 aliphatic rings. The van der Waals surface area contributed by atoms with Crippen molar-refractivity contribution in [1.82, 2.24) is 29.6 Å². The normalized spacial score (nSPS) is 14.7. The zero-order valence-electron chi connectivity index (χ0n) is 21.4. The van der Waals surface area contributed by atoms with E-state index in [0.717, 1.165) is 60.5 Å². The monoisotopic (exact) mass is 550 g/mol. The number of piperidine rings is 1. The van der Waals surface area contributed by atoms with E-state index in [1.165, 1.54) is 0 Å². The van der Waals surface area contributed by atoms with E-state index in [1.807, 2.05) is 87.4 Å². The van der Waals surface area contributed by atoms with Crippen molar-refractivity contribution in [3.05, 3.63) is 68.2 Å². The van der Waals surface area contributed by atoms with Crippen LogP contribution in [-0.2, 0) is 32.7 Å². The van der Waals surface area contributed by atoms with Crippen LogP contribution in [0.1, 0.15) is 46.6 Å². The van der Waals surface area contributed by atoms with Gasteiger partial charge in [0, 0.05) is 69.1 Å². The van der Waals surface area contributed by atoms with E-state index in [-0.39, 0.29) is 44.9 Å². The van der Waals surface area contributed by atoms with Gasteiger partial charge in [-0.15, -0.1) is 0 Å². The quantitative estimate of drug-likeness (QED) is 0.308. The van der Waals surface area contributed by atoms with Crippen molar-refractivity contribution < 1.29 is 37.4 Å². The van der Waals surface area contributed by atoms with Crippen molar-refractivity contribution in [3.8, 4) is 17.0 Å². The number of para-hydroxylation sites is 1. The third kappa shape index (κ3) is 7.70. The van der Waals surface area contributed by atoms with Gasteiger partial charge in [-0.2, -0.15) is 5.10 Å². The Morgan fingerprint density at radius 3 is 2.49 bits per heavy atom. The molecule has 4 aromatic rings. The largest absolute Gasteiger partial charge is 0.490 e. The summed E-state index contributed by atoms with van der Waals surface area (Å²) in [5.41, 5.74) is 2.70. The molecule has 35 heavy (non-hydrogen) atoms. The summed E-state index contributed by atoms with van der Waals surface area (Å²) >= 11 is 0. The molecule has 185 valence electrons. The maximum atomic E-state index is 6.10. The van der Waals surface area contributed by atoms with Crippen LogP contribution in [0.25, 0.3) is 22.3 Å². The Hall–Kier alpha value is -2.09. The van der Waals surface area contributed by atoms with Gasteiger partial charge in [-0.1, -0.05) is 51.9 Å². The first-order chi connectivity index (χ1) is 16.8. The van der Waals surface area contributed by atoms with Crippen molar-refractivity contribution in [1.29, 1.82) is 0 Å². The van der Waals surface area contributed by atoms with Crippen molar-refractivity contribution in [2.24, 2.45) is 0 Å². The van der Waals surface area contributed by atoms with Gasteiger partial charge in [0.05, 0.1) is 11.9 Å². The summed E-state index contributed by atoms with van der Waals surface area (Å²) in [6.07, 6.45) is 9.67. The second-order valence-electron chi connectivity index (χ2n) is 7.76. The molecule has 4 heterocycles. The van der Waals surface area contributed by atoms with Crippen LogP contribution in [-0.4, -0.2) is 55.4 Å². The van der Waals surface area contributed by atoms with Gasteiger partial charge in [0.2, 0.25) is 0 Å². The molecule has 5 rings (SSSR count). The number of hydrogen-bond donors (Lipinski definition) is 1. The van der Waals surface area contributed by atoms with Crippen LogP contribution in [0.15, 0.2) is 61.3 Å². The Labute approximate surface area is 234 Å². The number of nitrogens with zero attached hydrogens (tertiary/aromatic N) is 5. The number of ether oxygens (including phenoxy) is 1. The molecule has 0 saturated carbocycles. The number of hydrogen-bond acceptors (Lipinski definition) is 5. The van der Waals surface area contributed by atoms with Crippen LogP contribution in [0.2, 0.25) is 0 Å². The molecule has 1 unspecified atom stereocenters. The minimum absolute atomic E-state index is 0. The fourth-order valence-corrected chi connectivity index (χ4v) is 4.05. The molecule has 0 bridgehead atoms. The number of rotatable bonds is 6. The van der Waals surface area contributed by atoms with Crippen LogP contribution in [0.5, 0.6) is 5.75 Å². The van der Waals surface area contributed by atoms with Crippen LogP contribution in [0.3, 0.4) is 0 Å². The minimum Gasteiger partial charge on any atom is -0.490 e. The van der Waals surface area contributed by atoms with Crippen LogP contribution >= 0.6 is 0 Å². The predicted octanol–water partition coefficient (Wildman–Crippen LogP) is 5.79. The standard InChI is InChI=1S/C23H25N6O.2C2H6.Y/c1-17(14-28-11-8-20(9-12-28)30-19-5-3-2-4-6-19)29-15-18(13-27-29)22-21-7-10-24-23(21)26-16-25-22;2*1-2;/h2-7,10,13,15-17,20H,1,8-9,11-12,14H2,(H,24,25,26);2*1-2H3;/q-1;;;. The zero-order valence-corrected chi connectivity index (χ0v) is 24.2. The maximum absolute atomic E-state index is 6.10. The first-order valence-corrected chi connectivity index (χ1v) is 12.4. The average Bonchev–Trinajstić information content (AvgIpc) is 3.58. The van der Waals surface area contributed by atoms with Gasteiger partial charge in [0.25, 0.3) is 0 Å². The van der Waals surface area contributed by atoms with Crippen molar-refractivity contribution in [2.75, 3.05) is 19.6 Å². The molecule has 0 amide bonds. The van der Waals surface area contributed by atoms with Crippen molar-refractivity contribution in [3.63, 3.8) is 0 Å². The second kappa shape index (κ2) is 15.1. The number of nitrogens with one attached hydrogen (secondary N) is 1. The molecule has 7 nitrogen and oxygen atoms in total. The van der Waals surface area contributed by atoms with Crippen LogP contribution < -0.4 is 4.74 Å². The number of H-pyrrole nitrogens is 1. The molecule has 1 radical (unpaired) electrons. The summed E-state index contributed by atoms with van der Waals surface area (Å²) < 4.78 is 8.03. The topological polar surface area (TPSA) is 71.9 Å². The number of aromatic nitrogens is 5. The Morgan fingerprint density at radius 2 is 1.77 bits per heavy atom. The van der Waals surface area contributed by atoms with Gasteiger partial charge in [0.15, 0.2) is 0 Å². The molecule has 1 aliphatic heterocycles. The second-order valence-corrected chi connectivity index (χ2v) is 7.76. The summed E-state index contributed by atoms with van der Waals surface area (Å²) in [7, 11) is 0. The summed E-state index contributed by atoms with van der Waals surface area (Å²) in [4.78, 5) is 14.3. The third-order valence-electron chi connectivity index (χ3n) is 5.65. The van der Waals surface area contributed by atoms with E-state index in [1.54, 1.807) is 6.33 Å². The van der Waals surface area contributed by atoms with E-state index in [9.17, 15) is 0 Å². The Morgan fingerprint density at radius 1 is 1.06 bits per heavy atom. The molecule has 1 N–H and O–H groups in total. The molecule has 0 spiro atoms. The summed E-state index contributed by atoms with van der Waals surface area (Å²) in [5.74, 6) is 0.955. The van der Waals surface area contributed by atoms with E-state index in [2.05, 4.69) is 31.9 Å². The van der Waals surface area contributed by atoms with Crippen molar-refractivity contribution in [2.45, 2.75) is 52.7 Å². The molecular weight excluding hydrogens is 513 g/mol. The molecule has 8 heteroatoms. The Balaban J connectivity index is 0.000000823. The maximum Gasteiger partial charge on any atom is 0.141 e. The summed E-state index contributed by atoms with van der Waals surface area (Å²) in [5, 5.41) is 5.55. The van der Waals surface area contributed by atoms with E-state index in [4.69, 9.17) is 4.74 Å². The molecule has 3 aromatic heterocycles. The smallest absolute Gasteiger partial charge is 0.141 e. The van der Waals surface area contributed by atoms with E-state index in [0.29, 0.717) is 0 Å². The molecule has 1 aromatic carbocycles. The van der Waals surface area contributed by atoms with Gasteiger partial charge in [0.1, 0.15) is 23.8 Å². The third-order valence-corrected chi connectivity index (χ3v) is 5.65. The first kappa shape index (κ1) is 29.1.